The Morgan fingerprint density at radius 1 is 0.846 bits per heavy atom. The molecule has 13 heteroatoms. The van der Waals surface area contributed by atoms with Gasteiger partial charge in [0.15, 0.2) is 23.9 Å². The van der Waals surface area contributed by atoms with Gasteiger partial charge in [0.1, 0.15) is 5.75 Å². The van der Waals surface area contributed by atoms with Crippen LogP contribution in [0.5, 0.6) is 23.1 Å². The summed E-state index contributed by atoms with van der Waals surface area (Å²) >= 11 is 0. The molecule has 9 nitrogen and oxygen atoms in total. The van der Waals surface area contributed by atoms with Gasteiger partial charge >= 0.3 is 13.2 Å². The van der Waals surface area contributed by atoms with Gasteiger partial charge in [-0.1, -0.05) is 12.1 Å². The highest BCUT2D eigenvalue weighted by Crippen LogP contribution is 2.37. The summed E-state index contributed by atoms with van der Waals surface area (Å²) in [5, 5.41) is 22.3. The van der Waals surface area contributed by atoms with Crippen molar-refractivity contribution in [2.75, 3.05) is 0 Å². The van der Waals surface area contributed by atoms with Crippen molar-refractivity contribution in [1.29, 1.82) is 0 Å². The molecule has 0 saturated carbocycles. The maximum Gasteiger partial charge on any atom is 0.387 e. The van der Waals surface area contributed by atoms with Crippen LogP contribution in [-0.2, 0) is 6.42 Å². The summed E-state index contributed by atoms with van der Waals surface area (Å²) in [5.74, 6) is -1.15. The van der Waals surface area contributed by atoms with Gasteiger partial charge in [-0.05, 0) is 47.4 Å². The summed E-state index contributed by atoms with van der Waals surface area (Å²) in [6, 6.07) is 15.5. The lowest BCUT2D eigenvalue weighted by atomic mass is 9.87. The fourth-order valence-corrected chi connectivity index (χ4v) is 3.78. The number of alkyl halides is 4. The molecule has 0 aliphatic carbocycles. The number of non-ortho nitro benzene ring substituents is 1. The number of benzene rings is 2. The Bertz CT molecular complexity index is 1410. The number of aromatic nitrogens is 2. The molecule has 4 rings (SSSR count). The fourth-order valence-electron chi connectivity index (χ4n) is 3.78. The van der Waals surface area contributed by atoms with Crippen molar-refractivity contribution in [3.63, 3.8) is 0 Å². The van der Waals surface area contributed by atoms with Gasteiger partial charge in [0.2, 0.25) is 5.88 Å². The summed E-state index contributed by atoms with van der Waals surface area (Å²) in [4.78, 5) is 14.6. The van der Waals surface area contributed by atoms with Crippen LogP contribution in [0.3, 0.4) is 0 Å². The number of nitro groups is 1. The first-order chi connectivity index (χ1) is 18.7. The molecule has 0 N–H and O–H groups in total. The van der Waals surface area contributed by atoms with E-state index in [0.717, 1.165) is 11.6 Å². The van der Waals surface area contributed by atoms with Crippen LogP contribution in [0.4, 0.5) is 23.2 Å². The zero-order chi connectivity index (χ0) is 27.9. The van der Waals surface area contributed by atoms with E-state index in [4.69, 9.17) is 4.74 Å². The van der Waals surface area contributed by atoms with Crippen LogP contribution in [0.1, 0.15) is 22.6 Å². The van der Waals surface area contributed by atoms with Crippen molar-refractivity contribution in [2.45, 2.75) is 25.6 Å². The van der Waals surface area contributed by atoms with Crippen LogP contribution in [0.2, 0.25) is 0 Å². The Balaban J connectivity index is 1.65. The lowest BCUT2D eigenvalue weighted by molar-refractivity contribution is -0.605. The molecular formula is C26H19F4N3O6. The second kappa shape index (κ2) is 12.1. The third-order valence-corrected chi connectivity index (χ3v) is 5.54. The lowest BCUT2D eigenvalue weighted by Gasteiger charge is -2.20. The summed E-state index contributed by atoms with van der Waals surface area (Å²) in [6.07, 6.45) is 4.38. The minimum absolute atomic E-state index is 0.0999. The Kier molecular flexibility index (Phi) is 8.39. The standard InChI is InChI=1S/C26H19F4N3O6/c27-25(28)38-22-7-1-17(14-23(22)39-26(29)30)21(13-16-9-11-32(34)12-10-16)18-2-8-24(31-15-18)37-20-5-3-19(4-6-20)33(35)36/h1-12,14-15,21,25-26H,13H2. The van der Waals surface area contributed by atoms with Crippen molar-refractivity contribution in [3.8, 4) is 23.1 Å². The second-order valence-electron chi connectivity index (χ2n) is 8.07. The van der Waals surface area contributed by atoms with E-state index in [9.17, 15) is 32.9 Å². The van der Waals surface area contributed by atoms with Crippen LogP contribution in [0, 0.1) is 15.3 Å². The number of hydrogen-bond donors (Lipinski definition) is 0. The lowest BCUT2D eigenvalue weighted by Crippen LogP contribution is -2.24. The predicted molar refractivity (Wildman–Crippen MR) is 128 cm³/mol. The molecule has 4 aromatic rings. The van der Waals surface area contributed by atoms with Crippen molar-refractivity contribution in [1.82, 2.24) is 4.98 Å². The molecule has 0 aliphatic rings. The smallest absolute Gasteiger partial charge is 0.387 e. The molecule has 0 aliphatic heterocycles. The number of nitro benzene ring substituents is 1. The zero-order valence-corrected chi connectivity index (χ0v) is 19.8. The molecule has 202 valence electrons. The average molecular weight is 545 g/mol. The van der Waals surface area contributed by atoms with E-state index >= 15 is 0 Å². The number of pyridine rings is 2. The molecule has 2 heterocycles. The summed E-state index contributed by atoms with van der Waals surface area (Å²) in [7, 11) is 0. The number of nitrogens with zero attached hydrogens (tertiary/aromatic N) is 3. The van der Waals surface area contributed by atoms with E-state index in [1.807, 2.05) is 0 Å². The molecule has 0 amide bonds. The molecule has 2 aromatic carbocycles. The first-order valence-corrected chi connectivity index (χ1v) is 11.3. The van der Waals surface area contributed by atoms with Gasteiger partial charge in [-0.3, -0.25) is 10.1 Å². The molecule has 1 atom stereocenters. The number of halogens is 4. The zero-order valence-electron chi connectivity index (χ0n) is 19.8. The van der Waals surface area contributed by atoms with Crippen LogP contribution in [0.15, 0.2) is 85.3 Å². The third-order valence-electron chi connectivity index (χ3n) is 5.54. The van der Waals surface area contributed by atoms with E-state index in [1.165, 1.54) is 55.0 Å². The van der Waals surface area contributed by atoms with Gasteiger partial charge < -0.3 is 19.4 Å². The van der Waals surface area contributed by atoms with Crippen LogP contribution in [-0.4, -0.2) is 23.1 Å². The first kappa shape index (κ1) is 27.1. The van der Waals surface area contributed by atoms with Crippen LogP contribution < -0.4 is 18.9 Å². The highest BCUT2D eigenvalue weighted by atomic mass is 19.3. The van der Waals surface area contributed by atoms with E-state index in [-0.39, 0.29) is 18.0 Å². The molecule has 1 unspecified atom stereocenters. The largest absolute Gasteiger partial charge is 0.619 e. The van der Waals surface area contributed by atoms with Crippen molar-refractivity contribution in [3.05, 3.63) is 117 Å². The topological polar surface area (TPSA) is 111 Å². The van der Waals surface area contributed by atoms with Crippen molar-refractivity contribution < 1.29 is 41.4 Å². The molecule has 0 radical (unpaired) electrons. The average Bonchev–Trinajstić information content (AvgIpc) is 2.90. The minimum Gasteiger partial charge on any atom is -0.619 e. The number of rotatable bonds is 11. The fraction of sp³-hybridized carbons (Fsp3) is 0.154. The van der Waals surface area contributed by atoms with Gasteiger partial charge in [-0.25, -0.2) is 4.98 Å². The summed E-state index contributed by atoms with van der Waals surface area (Å²) in [5.41, 5.74) is 1.66. The van der Waals surface area contributed by atoms with Crippen molar-refractivity contribution >= 4 is 5.69 Å². The molecule has 0 spiro atoms. The van der Waals surface area contributed by atoms with Crippen LogP contribution >= 0.6 is 0 Å². The Labute approximate surface area is 218 Å². The molecular weight excluding hydrogens is 526 g/mol. The highest BCUT2D eigenvalue weighted by Gasteiger charge is 2.21. The monoisotopic (exact) mass is 545 g/mol. The maximum absolute atomic E-state index is 13.0. The highest BCUT2D eigenvalue weighted by molar-refractivity contribution is 5.47. The van der Waals surface area contributed by atoms with Gasteiger partial charge in [0.25, 0.3) is 5.69 Å². The number of hydrogen-bond acceptors (Lipinski definition) is 7. The molecule has 0 saturated heterocycles. The summed E-state index contributed by atoms with van der Waals surface area (Å²) < 4.78 is 66.6. The van der Waals surface area contributed by atoms with Gasteiger partial charge in [-0.2, -0.15) is 22.3 Å². The van der Waals surface area contributed by atoms with Gasteiger partial charge in [-0.15, -0.1) is 0 Å². The van der Waals surface area contributed by atoms with Gasteiger partial charge in [0, 0.05) is 42.4 Å². The van der Waals surface area contributed by atoms with Crippen LogP contribution in [0.25, 0.3) is 0 Å². The second-order valence-corrected chi connectivity index (χ2v) is 8.07. The molecule has 2 aromatic heterocycles. The molecule has 0 bridgehead atoms. The predicted octanol–water partition coefficient (Wildman–Crippen LogP) is 5.99. The van der Waals surface area contributed by atoms with Gasteiger partial charge in [0.05, 0.1) is 4.92 Å². The summed E-state index contributed by atoms with van der Waals surface area (Å²) in [6.45, 7) is -6.53. The maximum atomic E-state index is 13.0. The quantitative estimate of drug-likeness (QED) is 0.0748. The van der Waals surface area contributed by atoms with E-state index in [1.54, 1.807) is 24.3 Å². The first-order valence-electron chi connectivity index (χ1n) is 11.3. The van der Waals surface area contributed by atoms with E-state index in [0.29, 0.717) is 21.6 Å². The SMILES string of the molecule is O=[N+]([O-])c1ccc(Oc2ccc(C(Cc3cc[n+]([O-])cc3)c3ccc(OC(F)F)c(OC(F)F)c3)cn2)cc1. The van der Waals surface area contributed by atoms with E-state index in [2.05, 4.69) is 14.5 Å². The minimum atomic E-state index is -3.28. The van der Waals surface area contributed by atoms with Crippen molar-refractivity contribution in [2.24, 2.45) is 0 Å². The Morgan fingerprint density at radius 2 is 1.49 bits per heavy atom. The third kappa shape index (κ3) is 7.31. The normalized spacial score (nSPS) is 11.8. The molecule has 0 fully saturated rings. The Morgan fingerprint density at radius 3 is 2.08 bits per heavy atom. The van der Waals surface area contributed by atoms with E-state index < -0.39 is 35.6 Å². The Hall–Kier alpha value is -4.94. The number of ether oxygens (including phenoxy) is 3. The molecule has 39 heavy (non-hydrogen) atoms.